The highest BCUT2D eigenvalue weighted by molar-refractivity contribution is 6.13. The van der Waals surface area contributed by atoms with E-state index in [4.69, 9.17) is 14.2 Å². The maximum Gasteiger partial charge on any atom is 0.270 e. The van der Waals surface area contributed by atoms with Crippen LogP contribution in [0.15, 0.2) is 84.9 Å². The van der Waals surface area contributed by atoms with Crippen LogP contribution in [0.2, 0.25) is 0 Å². The zero-order valence-corrected chi connectivity index (χ0v) is 27.9. The molecule has 0 aliphatic carbocycles. The lowest BCUT2D eigenvalue weighted by Crippen LogP contribution is -2.37. The lowest BCUT2D eigenvalue weighted by Gasteiger charge is -2.30. The van der Waals surface area contributed by atoms with Crippen molar-refractivity contribution in [3.63, 3.8) is 0 Å². The number of benzene rings is 4. The number of piperidine rings is 1. The summed E-state index contributed by atoms with van der Waals surface area (Å²) in [6.07, 6.45) is 3.30. The standard InChI is InChI=1S/C19H20N2O4.C18H18N2O5/c1-25-16-8-5-14(6-9-16)19(22)17-13-15(21(23)24)7-10-18(17)20-11-3-2-4-12-20;1-24-15-5-2-13(3-6-15)18(21)16-12-14(20(22)23)4-7-17(16)19-8-10-25-11-9-19/h5-10,13H,2-4,11-12H2,1H3;2-7,12H,8-11H2,1H3. The summed E-state index contributed by atoms with van der Waals surface area (Å²) in [5.41, 5.74) is 2.92. The van der Waals surface area contributed by atoms with Gasteiger partial charge in [0.25, 0.3) is 11.4 Å². The number of carbonyl (C=O) groups excluding carboxylic acids is 2. The highest BCUT2D eigenvalue weighted by atomic mass is 16.6. The first-order valence-electron chi connectivity index (χ1n) is 16.2. The largest absolute Gasteiger partial charge is 0.497 e. The number of rotatable bonds is 10. The van der Waals surface area contributed by atoms with Gasteiger partial charge in [0.15, 0.2) is 11.6 Å². The molecule has 0 aromatic heterocycles. The number of carbonyl (C=O) groups is 2. The van der Waals surface area contributed by atoms with E-state index in [2.05, 4.69) is 4.90 Å². The van der Waals surface area contributed by atoms with Crippen molar-refractivity contribution in [3.8, 4) is 11.5 Å². The number of ketones is 2. The van der Waals surface area contributed by atoms with Gasteiger partial charge < -0.3 is 24.0 Å². The number of nitro benzene ring substituents is 2. The van der Waals surface area contributed by atoms with Crippen molar-refractivity contribution in [2.24, 2.45) is 0 Å². The maximum absolute atomic E-state index is 13.0. The van der Waals surface area contributed by atoms with Gasteiger partial charge in [-0.15, -0.1) is 0 Å². The van der Waals surface area contributed by atoms with E-state index in [0.717, 1.165) is 31.6 Å². The third-order valence-electron chi connectivity index (χ3n) is 8.62. The quantitative estimate of drug-likeness (QED) is 0.102. The van der Waals surface area contributed by atoms with Crippen molar-refractivity contribution in [2.45, 2.75) is 19.3 Å². The monoisotopic (exact) mass is 682 g/mol. The SMILES string of the molecule is COc1ccc(C(=O)c2cc([N+](=O)[O-])ccc2N2CCCCC2)cc1.COc1ccc(C(=O)c2cc([N+](=O)[O-])ccc2N2CCOCC2)cc1. The van der Waals surface area contributed by atoms with Crippen molar-refractivity contribution in [3.05, 3.63) is 127 Å². The fourth-order valence-corrected chi connectivity index (χ4v) is 5.93. The molecule has 260 valence electrons. The van der Waals surface area contributed by atoms with Crippen LogP contribution in [-0.2, 0) is 4.74 Å². The molecule has 2 fully saturated rings. The van der Waals surface area contributed by atoms with Crippen LogP contribution in [0, 0.1) is 20.2 Å². The molecule has 0 atom stereocenters. The fraction of sp³-hybridized carbons (Fsp3) is 0.297. The first-order valence-corrected chi connectivity index (χ1v) is 16.2. The van der Waals surface area contributed by atoms with E-state index >= 15 is 0 Å². The summed E-state index contributed by atoms with van der Waals surface area (Å²) >= 11 is 0. The summed E-state index contributed by atoms with van der Waals surface area (Å²) in [6, 6.07) is 22.4. The molecule has 2 saturated heterocycles. The predicted molar refractivity (Wildman–Crippen MR) is 188 cm³/mol. The third kappa shape index (κ3) is 8.42. The predicted octanol–water partition coefficient (Wildman–Crippen LogP) is 6.50. The average molecular weight is 683 g/mol. The molecule has 0 saturated carbocycles. The minimum absolute atomic E-state index is 0.0716. The van der Waals surface area contributed by atoms with Gasteiger partial charge in [-0.25, -0.2) is 0 Å². The molecule has 13 nitrogen and oxygen atoms in total. The molecule has 0 bridgehead atoms. The number of nitro groups is 2. The first-order chi connectivity index (χ1) is 24.2. The average Bonchev–Trinajstić information content (AvgIpc) is 3.17. The van der Waals surface area contributed by atoms with E-state index in [1.165, 1.54) is 30.7 Å². The van der Waals surface area contributed by atoms with Gasteiger partial charge in [0.2, 0.25) is 0 Å². The molecule has 2 heterocycles. The highest BCUT2D eigenvalue weighted by Gasteiger charge is 2.24. The Morgan fingerprint density at radius 3 is 1.38 bits per heavy atom. The van der Waals surface area contributed by atoms with Crippen molar-refractivity contribution >= 4 is 34.3 Å². The van der Waals surface area contributed by atoms with E-state index in [9.17, 15) is 29.8 Å². The summed E-state index contributed by atoms with van der Waals surface area (Å²) in [5, 5.41) is 22.3. The molecule has 0 amide bonds. The molecule has 2 aliphatic heterocycles. The van der Waals surface area contributed by atoms with Crippen LogP contribution >= 0.6 is 0 Å². The Bertz CT molecular complexity index is 1700. The van der Waals surface area contributed by atoms with Crippen LogP contribution in [0.1, 0.15) is 51.1 Å². The van der Waals surface area contributed by atoms with Crippen molar-refractivity contribution in [1.82, 2.24) is 0 Å². The molecule has 0 spiro atoms. The Labute approximate surface area is 289 Å². The van der Waals surface area contributed by atoms with Crippen LogP contribution in [0.4, 0.5) is 22.7 Å². The second-order valence-corrected chi connectivity index (χ2v) is 11.7. The maximum atomic E-state index is 13.0. The van der Waals surface area contributed by atoms with Gasteiger partial charge in [0.1, 0.15) is 11.5 Å². The van der Waals surface area contributed by atoms with Gasteiger partial charge in [0.05, 0.1) is 48.4 Å². The Balaban J connectivity index is 0.000000194. The molecular weight excluding hydrogens is 644 g/mol. The van der Waals surface area contributed by atoms with Gasteiger partial charge in [-0.05, 0) is 79.9 Å². The smallest absolute Gasteiger partial charge is 0.270 e. The number of morpholine rings is 1. The first kappa shape index (κ1) is 35.5. The van der Waals surface area contributed by atoms with Gasteiger partial charge in [-0.1, -0.05) is 0 Å². The number of methoxy groups -OCH3 is 2. The highest BCUT2D eigenvalue weighted by Crippen LogP contribution is 2.31. The van der Waals surface area contributed by atoms with Gasteiger partial charge in [-0.3, -0.25) is 29.8 Å². The molecular formula is C37H38N4O9. The zero-order chi connectivity index (χ0) is 35.6. The fourth-order valence-electron chi connectivity index (χ4n) is 5.93. The van der Waals surface area contributed by atoms with Crippen LogP contribution in [0.25, 0.3) is 0 Å². The number of ether oxygens (including phenoxy) is 3. The number of hydrogen-bond donors (Lipinski definition) is 0. The van der Waals surface area contributed by atoms with Gasteiger partial charge in [-0.2, -0.15) is 0 Å². The molecule has 0 unspecified atom stereocenters. The Hall–Kier alpha value is -5.82. The topological polar surface area (TPSA) is 155 Å². The van der Waals surface area contributed by atoms with Crippen LogP contribution in [-0.4, -0.2) is 75.0 Å². The van der Waals surface area contributed by atoms with E-state index in [1.54, 1.807) is 74.9 Å². The van der Waals surface area contributed by atoms with Crippen molar-refractivity contribution in [2.75, 3.05) is 63.4 Å². The zero-order valence-electron chi connectivity index (χ0n) is 27.9. The summed E-state index contributed by atoms with van der Waals surface area (Å²) in [6.45, 7) is 4.13. The lowest BCUT2D eigenvalue weighted by atomic mass is 9.99. The number of non-ortho nitro benzene ring substituents is 2. The van der Waals surface area contributed by atoms with Crippen molar-refractivity contribution in [1.29, 1.82) is 0 Å². The molecule has 0 N–H and O–H groups in total. The molecule has 2 aliphatic rings. The third-order valence-corrected chi connectivity index (χ3v) is 8.62. The molecule has 50 heavy (non-hydrogen) atoms. The van der Waals surface area contributed by atoms with E-state index in [0.29, 0.717) is 65.7 Å². The van der Waals surface area contributed by atoms with E-state index < -0.39 is 9.85 Å². The van der Waals surface area contributed by atoms with Crippen LogP contribution in [0.5, 0.6) is 11.5 Å². The lowest BCUT2D eigenvalue weighted by molar-refractivity contribution is -0.385. The molecule has 0 radical (unpaired) electrons. The van der Waals surface area contributed by atoms with E-state index in [-0.39, 0.29) is 22.9 Å². The minimum Gasteiger partial charge on any atom is -0.497 e. The Morgan fingerprint density at radius 2 is 1.00 bits per heavy atom. The molecule has 6 rings (SSSR count). The summed E-state index contributed by atoms with van der Waals surface area (Å²) in [5.74, 6) is 0.829. The van der Waals surface area contributed by atoms with Gasteiger partial charge >= 0.3 is 0 Å². The second kappa shape index (κ2) is 16.5. The molecule has 13 heteroatoms. The summed E-state index contributed by atoms with van der Waals surface area (Å²) in [4.78, 5) is 51.4. The van der Waals surface area contributed by atoms with E-state index in [1.807, 2.05) is 4.90 Å². The number of nitrogens with zero attached hydrogens (tertiary/aromatic N) is 4. The normalized spacial score (nSPS) is 14.2. The Kier molecular flexibility index (Phi) is 11.7. The number of hydrogen-bond acceptors (Lipinski definition) is 11. The van der Waals surface area contributed by atoms with Gasteiger partial charge in [0, 0.05) is 72.9 Å². The molecule has 4 aromatic rings. The summed E-state index contributed by atoms with van der Waals surface area (Å²) in [7, 11) is 3.11. The molecule has 4 aromatic carbocycles. The van der Waals surface area contributed by atoms with Crippen LogP contribution in [0.3, 0.4) is 0 Å². The summed E-state index contributed by atoms with van der Waals surface area (Å²) < 4.78 is 15.6. The Morgan fingerprint density at radius 1 is 0.600 bits per heavy atom. The van der Waals surface area contributed by atoms with Crippen molar-refractivity contribution < 1.29 is 33.6 Å². The number of anilines is 2. The second-order valence-electron chi connectivity index (χ2n) is 11.7. The van der Waals surface area contributed by atoms with Crippen LogP contribution < -0.4 is 19.3 Å². The minimum atomic E-state index is -0.492.